The van der Waals surface area contributed by atoms with E-state index in [0.717, 1.165) is 44.5 Å². The molecule has 2 aliphatic rings. The van der Waals surface area contributed by atoms with E-state index in [2.05, 4.69) is 9.97 Å². The van der Waals surface area contributed by atoms with Crippen LogP contribution in [0.5, 0.6) is 0 Å². The number of nitrogens with one attached hydrogen (secondary N) is 2. The van der Waals surface area contributed by atoms with Gasteiger partial charge in [-0.25, -0.2) is 9.97 Å². The summed E-state index contributed by atoms with van der Waals surface area (Å²) in [5.41, 5.74) is 12.5. The van der Waals surface area contributed by atoms with Crippen molar-refractivity contribution in [2.45, 2.75) is 0 Å². The first-order chi connectivity index (χ1) is 29.0. The van der Waals surface area contributed by atoms with Crippen LogP contribution in [0.1, 0.15) is 22.8 Å². The van der Waals surface area contributed by atoms with Gasteiger partial charge in [0, 0.05) is 61.4 Å². The second-order valence-corrected chi connectivity index (χ2v) is 14.5. The molecule has 61 heavy (non-hydrogen) atoms. The summed E-state index contributed by atoms with van der Waals surface area (Å²) in [4.78, 5) is 17.7. The molecule has 10 N–H and O–H groups in total. The third-order valence-corrected chi connectivity index (χ3v) is 10.7. The first kappa shape index (κ1) is 41.7. The molecule has 0 unspecified atom stereocenters. The van der Waals surface area contributed by atoms with Crippen LogP contribution >= 0.6 is 0 Å². The summed E-state index contributed by atoms with van der Waals surface area (Å²) in [5.74, 6) is 0. The molecule has 0 saturated carbocycles. The molecule has 1 radical (unpaired) electrons. The normalized spacial score (nSPS) is 11.7. The Kier molecular flexibility index (Phi) is 11.7. The molecule has 9 rings (SSSR count). The second-order valence-electron chi connectivity index (χ2n) is 14.5. The monoisotopic (exact) mass is 853 g/mol. The minimum Gasteiger partial charge on any atom is -0.423 e. The molecule has 17 heteroatoms. The van der Waals surface area contributed by atoms with E-state index in [-0.39, 0.29) is 17.1 Å². The van der Waals surface area contributed by atoms with Gasteiger partial charge in [-0.15, -0.1) is 0 Å². The number of hydrogen-bond donors (Lipinski definition) is 10. The van der Waals surface area contributed by atoms with Crippen molar-refractivity contribution >= 4 is 96.7 Å². The Hall–Kier alpha value is -6.06. The number of aromatic amines is 2. The van der Waals surface area contributed by atoms with E-state index >= 15 is 0 Å². The Balaban J connectivity index is 0.00000514. The molecule has 0 amide bonds. The second kappa shape index (κ2) is 17.1. The smallest absolute Gasteiger partial charge is 0.423 e. The minimum absolute atomic E-state index is 0. The fourth-order valence-corrected chi connectivity index (χ4v) is 7.71. The van der Waals surface area contributed by atoms with Crippen LogP contribution in [0.25, 0.3) is 90.9 Å². The third-order valence-electron chi connectivity index (χ3n) is 10.7. The molecule has 0 spiro atoms. The Morgan fingerprint density at radius 2 is 0.492 bits per heavy atom. The maximum absolute atomic E-state index is 9.88. The van der Waals surface area contributed by atoms with Gasteiger partial charge in [0.2, 0.25) is 0 Å². The third kappa shape index (κ3) is 8.11. The summed E-state index contributed by atoms with van der Waals surface area (Å²) in [5, 5.41) is 79.1. The molecule has 12 nitrogen and oxygen atoms in total. The van der Waals surface area contributed by atoms with Crippen molar-refractivity contribution in [1.82, 2.24) is 19.9 Å². The number of hydrogen-bond acceptors (Lipinski definition) is 10. The summed E-state index contributed by atoms with van der Waals surface area (Å²) in [6.07, 6.45) is 7.65. The Morgan fingerprint density at radius 3 is 0.672 bits per heavy atom. The van der Waals surface area contributed by atoms with Crippen molar-refractivity contribution in [3.8, 4) is 44.5 Å². The summed E-state index contributed by atoms with van der Waals surface area (Å²) in [6, 6.07) is 35.4. The molecule has 8 bridgehead atoms. The van der Waals surface area contributed by atoms with Crippen molar-refractivity contribution in [3.63, 3.8) is 0 Å². The van der Waals surface area contributed by atoms with Crippen LogP contribution < -0.4 is 21.9 Å². The standard InChI is InChI=1S/C44H34B4N4O8.Cu/c53-45(54)29-9-1-25(2-10-29)41-33-17-19-35(49-33)42(26-3-11-30(12-4-26)46(55)56)37-21-23-39(51-37)44(28-7-15-32(16-8-28)48(59)60)40-24-22-38(52-40)43(36-20-18-34(41)50-36)27-5-13-31(14-6-27)47(57)58;/h1-24,49,52-60H;. The predicted octanol–water partition coefficient (Wildman–Crippen LogP) is 2.04. The van der Waals surface area contributed by atoms with Crippen LogP contribution in [0.2, 0.25) is 0 Å². The molecule has 3 aromatic heterocycles. The van der Waals surface area contributed by atoms with Crippen LogP contribution in [0.15, 0.2) is 121 Å². The minimum atomic E-state index is -1.65. The van der Waals surface area contributed by atoms with E-state index in [4.69, 9.17) is 9.97 Å². The van der Waals surface area contributed by atoms with Gasteiger partial charge in [0.15, 0.2) is 0 Å². The van der Waals surface area contributed by atoms with Gasteiger partial charge < -0.3 is 50.2 Å². The zero-order chi connectivity index (χ0) is 41.7. The zero-order valence-electron chi connectivity index (χ0n) is 31.9. The maximum Gasteiger partial charge on any atom is 0.488 e. The van der Waals surface area contributed by atoms with Gasteiger partial charge in [0.05, 0.1) is 22.8 Å². The molecule has 4 aromatic carbocycles. The van der Waals surface area contributed by atoms with Gasteiger partial charge in [-0.1, -0.05) is 97.1 Å². The van der Waals surface area contributed by atoms with Crippen LogP contribution in [0.4, 0.5) is 0 Å². The van der Waals surface area contributed by atoms with Gasteiger partial charge in [-0.3, -0.25) is 0 Å². The Bertz CT molecular complexity index is 2590. The molecular formula is C44H34B4CuN4O8. The molecule has 301 valence electrons. The summed E-state index contributed by atoms with van der Waals surface area (Å²) in [7, 11) is -6.59. The van der Waals surface area contributed by atoms with Crippen LogP contribution in [-0.2, 0) is 17.1 Å². The molecular weight excluding hydrogens is 819 g/mol. The largest absolute Gasteiger partial charge is 0.488 e. The molecule has 0 fully saturated rings. The number of H-pyrrole nitrogens is 2. The van der Waals surface area contributed by atoms with E-state index in [9.17, 15) is 40.2 Å². The molecule has 7 aromatic rings. The fraction of sp³-hybridized carbons (Fsp3) is 0. The summed E-state index contributed by atoms with van der Waals surface area (Å²) in [6.45, 7) is 0. The molecule has 0 saturated heterocycles. The quantitative estimate of drug-likeness (QED) is 0.100. The number of rotatable bonds is 8. The van der Waals surface area contributed by atoms with Gasteiger partial charge in [-0.05, 0) is 92.7 Å². The topological polar surface area (TPSA) is 219 Å². The van der Waals surface area contributed by atoms with Crippen molar-refractivity contribution in [2.24, 2.45) is 0 Å². The maximum atomic E-state index is 9.88. The van der Waals surface area contributed by atoms with Crippen molar-refractivity contribution in [1.29, 1.82) is 0 Å². The molecule has 0 atom stereocenters. The zero-order valence-corrected chi connectivity index (χ0v) is 32.9. The van der Waals surface area contributed by atoms with E-state index < -0.39 is 28.5 Å². The fourth-order valence-electron chi connectivity index (χ4n) is 7.71. The van der Waals surface area contributed by atoms with E-state index in [1.54, 1.807) is 97.1 Å². The Labute approximate surface area is 361 Å². The number of fused-ring (bicyclic) bond motifs is 8. The number of benzene rings is 4. The average molecular weight is 854 g/mol. The summed E-state index contributed by atoms with van der Waals surface area (Å²) >= 11 is 0. The SMILES string of the molecule is OB(O)c1ccc(-c2c3nc(c(-c4ccc(B(O)O)cc4)c4ccc([nH]4)c(-c4ccc(B(O)O)cc4)c4nc(c(-c5ccc(B(O)O)cc5)c5ccc2[nH]5)C=C4)C=C3)cc1.[Cu]. The van der Waals surface area contributed by atoms with Crippen LogP contribution in [-0.4, -0.2) is 88.6 Å². The first-order valence-corrected chi connectivity index (χ1v) is 19.0. The van der Waals surface area contributed by atoms with Crippen molar-refractivity contribution in [3.05, 3.63) is 144 Å². The van der Waals surface area contributed by atoms with Crippen LogP contribution in [0, 0.1) is 0 Å². The van der Waals surface area contributed by atoms with Gasteiger partial charge in [0.1, 0.15) is 0 Å². The summed E-state index contributed by atoms with van der Waals surface area (Å²) < 4.78 is 0. The van der Waals surface area contributed by atoms with E-state index in [0.29, 0.717) is 66.7 Å². The first-order valence-electron chi connectivity index (χ1n) is 19.0. The van der Waals surface area contributed by atoms with Crippen LogP contribution in [0.3, 0.4) is 0 Å². The number of aromatic nitrogens is 4. The molecule has 5 heterocycles. The van der Waals surface area contributed by atoms with Crippen molar-refractivity contribution < 1.29 is 57.3 Å². The number of nitrogens with zero attached hydrogens (tertiary/aromatic N) is 2. The molecule has 0 aliphatic carbocycles. The van der Waals surface area contributed by atoms with Crippen molar-refractivity contribution in [2.75, 3.05) is 0 Å². The van der Waals surface area contributed by atoms with Gasteiger partial charge in [-0.2, -0.15) is 0 Å². The van der Waals surface area contributed by atoms with Gasteiger partial charge in [0.25, 0.3) is 0 Å². The van der Waals surface area contributed by atoms with Gasteiger partial charge >= 0.3 is 28.5 Å². The van der Waals surface area contributed by atoms with E-state index in [1.165, 1.54) is 0 Å². The predicted molar refractivity (Wildman–Crippen MR) is 240 cm³/mol. The Morgan fingerprint density at radius 1 is 0.295 bits per heavy atom. The van der Waals surface area contributed by atoms with E-state index in [1.807, 2.05) is 48.6 Å². The average Bonchev–Trinajstić information content (AvgIpc) is 4.10. The molecule has 2 aliphatic heterocycles.